The van der Waals surface area contributed by atoms with E-state index >= 15 is 0 Å². The number of carbonyl (C=O) groups is 2. The Morgan fingerprint density at radius 3 is 1.50 bits per heavy atom. The Balaban J connectivity index is 0.000000195. The van der Waals surface area contributed by atoms with E-state index in [-0.39, 0.29) is 22.2 Å². The maximum absolute atomic E-state index is 11.9. The molecule has 0 amide bonds. The van der Waals surface area contributed by atoms with Crippen molar-refractivity contribution in [3.8, 4) is 0 Å². The van der Waals surface area contributed by atoms with Crippen LogP contribution in [-0.4, -0.2) is 50.3 Å². The fraction of sp³-hybridized carbons (Fsp3) is 0.949. The maximum Gasteiger partial charge on any atom is -0.0737 e. The third kappa shape index (κ3) is 8.73. The molecule has 0 aromatic carbocycles. The Bertz CT molecular complexity index is 1150. The van der Waals surface area contributed by atoms with Gasteiger partial charge in [-0.3, -0.25) is 9.59 Å². The minimum Gasteiger partial charge on any atom is -0.221 e. The fourth-order valence-corrected chi connectivity index (χ4v) is 14.1. The summed E-state index contributed by atoms with van der Waals surface area (Å²) in [5.41, 5.74) is -0.188. The first-order valence-electron chi connectivity index (χ1n) is 19.5. The zero-order valence-corrected chi connectivity index (χ0v) is 42.7. The first kappa shape index (κ1) is 47.3. The molecule has 0 radical (unpaired) electrons. The standard InChI is InChI=1S/C20H32O2.C19H30O3.I3.I2.H2O3/c1-18-9-6-14(21)12-13(18)4-5-15-16(18)7-10-19(2)17(15)8-11-20(19,3)22;1-17-11-22-16(20)10-12(17)4-5-13-14(17)6-8-18(2)15(13)7-9-19(18,3)21;1-3-2;1-2;1-3-2/h13,15-17,22H,4-12H2,1-3H3;12-15,21H,4-11H2,1-3H3;;;1-2H/q;;-1;;/t13-,15?,16?,17?,18-,19-,20-;12-,13?,14?,15?,17-,18-,19-;;;/m00.../s1. The maximum atomic E-state index is 11.9. The molecule has 304 valence electrons. The molecule has 4 N–H and O–H groups in total. The summed E-state index contributed by atoms with van der Waals surface area (Å²) in [6.07, 6.45) is 17.5. The predicted octanol–water partition coefficient (Wildman–Crippen LogP) is 8.39. The van der Waals surface area contributed by atoms with Crippen molar-refractivity contribution in [2.45, 2.75) is 155 Å². The van der Waals surface area contributed by atoms with Crippen LogP contribution < -0.4 is 13.3 Å². The number of carbonyl (C=O) groups excluding carboxylic acids is 2. The summed E-state index contributed by atoms with van der Waals surface area (Å²) in [6.45, 7) is 14.3. The Kier molecular flexibility index (Phi) is 17.2. The largest absolute Gasteiger partial charge is 0.221 e. The van der Waals surface area contributed by atoms with E-state index < -0.39 is 11.2 Å². The van der Waals surface area contributed by atoms with Crippen LogP contribution in [0.15, 0.2) is 0 Å². The number of halogens is 5. The third-order valence-corrected chi connectivity index (χ3v) is 17.6. The van der Waals surface area contributed by atoms with Gasteiger partial charge in [0.25, 0.3) is 0 Å². The van der Waals surface area contributed by atoms with E-state index in [4.69, 9.17) is 15.3 Å². The van der Waals surface area contributed by atoms with Crippen molar-refractivity contribution >= 4 is 86.2 Å². The van der Waals surface area contributed by atoms with Crippen LogP contribution in [0.3, 0.4) is 0 Å². The molecule has 8 aliphatic rings. The number of hydrogen-bond donors (Lipinski definition) is 4. The molecule has 13 heteroatoms. The molecule has 14 atom stereocenters. The van der Waals surface area contributed by atoms with E-state index in [1.54, 1.807) is 0 Å². The number of ether oxygens (including phenoxy) is 1. The molecule has 8 nitrogen and oxygen atoms in total. The van der Waals surface area contributed by atoms with Gasteiger partial charge in [-0.1, -0.05) is 32.7 Å². The number of aliphatic hydroxyl groups is 2. The minimum atomic E-state index is -0.501. The molecule has 0 aromatic heterocycles. The predicted molar refractivity (Wildman–Crippen MR) is 234 cm³/mol. The second-order valence-corrected chi connectivity index (χ2v) is 35.3. The van der Waals surface area contributed by atoms with Gasteiger partial charge in [0.1, 0.15) is 5.78 Å². The van der Waals surface area contributed by atoms with E-state index in [2.05, 4.69) is 121 Å². The van der Waals surface area contributed by atoms with Crippen LogP contribution in [0.4, 0.5) is 0 Å². The molecular weight excluding hydrogens is 1230 g/mol. The molecule has 1 heterocycles. The van der Waals surface area contributed by atoms with Gasteiger partial charge in [0.15, 0.2) is 0 Å². The van der Waals surface area contributed by atoms with Crippen molar-refractivity contribution in [1.82, 2.24) is 0 Å². The van der Waals surface area contributed by atoms with Crippen molar-refractivity contribution in [3.63, 3.8) is 0 Å². The summed E-state index contributed by atoms with van der Waals surface area (Å²) in [5, 5.41) is 37.3. The van der Waals surface area contributed by atoms with E-state index in [0.717, 1.165) is 50.4 Å². The Hall–Kier alpha value is 2.59. The van der Waals surface area contributed by atoms with Crippen molar-refractivity contribution in [3.05, 3.63) is 0 Å². The second kappa shape index (κ2) is 18.9. The number of fused-ring (bicyclic) bond motifs is 10. The quantitative estimate of drug-likeness (QED) is 0.0824. The first-order valence-corrected chi connectivity index (χ1v) is 38.3. The summed E-state index contributed by atoms with van der Waals surface area (Å²) in [7, 11) is 0. The average Bonchev–Trinajstić information content (AvgIpc) is 3.49. The number of Topliss-reactive ketones (excluding diaryl/α,β-unsaturated/α-hetero) is 1. The zero-order chi connectivity index (χ0) is 38.9. The summed E-state index contributed by atoms with van der Waals surface area (Å²) >= 11 is 9.54. The molecule has 1 saturated heterocycles. The average molecular weight is 1300 g/mol. The van der Waals surface area contributed by atoms with Gasteiger partial charge in [-0.15, -0.1) is 0 Å². The van der Waals surface area contributed by atoms with Crippen molar-refractivity contribution < 1.29 is 53.3 Å². The second-order valence-electron chi connectivity index (χ2n) is 19.1. The van der Waals surface area contributed by atoms with Gasteiger partial charge in [-0.05, 0) is 161 Å². The number of hydrogen-bond acceptors (Lipinski definition) is 8. The molecule has 52 heavy (non-hydrogen) atoms. The minimum absolute atomic E-state index is 0.00497. The topological polar surface area (TPSA) is 134 Å². The van der Waals surface area contributed by atoms with Crippen LogP contribution in [0, 0.1) is 69.0 Å². The molecule has 8 fully saturated rings. The van der Waals surface area contributed by atoms with Crippen LogP contribution in [0.5, 0.6) is 0 Å². The molecule has 8 rings (SSSR count). The summed E-state index contributed by atoms with van der Waals surface area (Å²) < 4.78 is 5.49. The number of cyclic esters (lactones) is 1. The molecule has 6 unspecified atom stereocenters. The van der Waals surface area contributed by atoms with Gasteiger partial charge in [-0.25, -0.2) is 10.5 Å². The number of esters is 1. The van der Waals surface area contributed by atoms with Crippen molar-refractivity contribution in [2.75, 3.05) is 6.61 Å². The van der Waals surface area contributed by atoms with E-state index in [1.165, 1.54) is 57.8 Å². The molecule has 0 spiro atoms. The van der Waals surface area contributed by atoms with Gasteiger partial charge >= 0.3 is 56.5 Å². The van der Waals surface area contributed by atoms with Gasteiger partial charge in [0.05, 0.1) is 17.8 Å². The third-order valence-electron chi connectivity index (χ3n) is 17.6. The van der Waals surface area contributed by atoms with Crippen molar-refractivity contribution in [2.24, 2.45) is 69.0 Å². The number of ketones is 1. The van der Waals surface area contributed by atoms with E-state index in [9.17, 15) is 19.8 Å². The summed E-state index contributed by atoms with van der Waals surface area (Å²) in [6, 6.07) is 0. The van der Waals surface area contributed by atoms with Crippen LogP contribution in [0.2, 0.25) is 0 Å². The van der Waals surface area contributed by atoms with Gasteiger partial charge < -0.3 is 14.9 Å². The van der Waals surface area contributed by atoms with Crippen LogP contribution >= 0.6 is 74.5 Å². The monoisotopic (exact) mass is 1290 g/mol. The van der Waals surface area contributed by atoms with Crippen LogP contribution in [0.25, 0.3) is 0 Å². The Morgan fingerprint density at radius 2 is 1.04 bits per heavy atom. The van der Waals surface area contributed by atoms with Gasteiger partial charge in [-0.2, -0.15) is 0 Å². The first-order chi connectivity index (χ1) is 24.4. The number of rotatable bonds is 0. The van der Waals surface area contributed by atoms with Gasteiger partial charge in [0, 0.05) is 61.9 Å². The van der Waals surface area contributed by atoms with Crippen molar-refractivity contribution in [1.29, 1.82) is 0 Å². The fourth-order valence-electron chi connectivity index (χ4n) is 14.1. The van der Waals surface area contributed by atoms with Crippen LogP contribution in [-0.2, 0) is 19.4 Å². The Labute approximate surface area is 366 Å². The van der Waals surface area contributed by atoms with Gasteiger partial charge in [0.2, 0.25) is 0 Å². The molecule has 7 aliphatic carbocycles. The molecular formula is C39H64I5O8-. The normalized spacial score (nSPS) is 49.7. The zero-order valence-electron chi connectivity index (χ0n) is 32.0. The van der Waals surface area contributed by atoms with E-state index in [0.29, 0.717) is 73.0 Å². The van der Waals surface area contributed by atoms with E-state index in [1.807, 2.05) is 0 Å². The molecule has 7 saturated carbocycles. The summed E-state index contributed by atoms with van der Waals surface area (Å²) in [5.74, 6) is 6.00. The van der Waals surface area contributed by atoms with Crippen LogP contribution in [0.1, 0.15) is 144 Å². The SMILES string of the molecule is C[C@]1(O)CCC2C3CC[C@H]4CC(=O)CC[C@]4(C)C3CC[C@@]21C.C[C@]1(O)CCC2C3CC[C@H]4CC(=O)OC[C@]4(C)C3CC[C@@]21C.II.I[I-]I.OOO. The molecule has 0 bridgehead atoms. The molecule has 1 aliphatic heterocycles. The smallest absolute Gasteiger partial charge is 0.0737 e. The Morgan fingerprint density at radius 1 is 0.635 bits per heavy atom. The summed E-state index contributed by atoms with van der Waals surface area (Å²) in [4.78, 5) is 23.6. The molecule has 0 aromatic rings.